The number of amides is 1. The predicted molar refractivity (Wildman–Crippen MR) is 60.5 cm³/mol. The smallest absolute Gasteiger partial charge is 0.242 e. The van der Waals surface area contributed by atoms with Crippen LogP contribution < -0.4 is 5.32 Å². The summed E-state index contributed by atoms with van der Waals surface area (Å²) in [5.74, 6) is 1.85. The molecular weight excluding hydrogens is 188 g/mol. The third-order valence-electron chi connectivity index (χ3n) is 4.17. The van der Waals surface area contributed by atoms with Crippen molar-refractivity contribution >= 4 is 5.91 Å². The maximum Gasteiger partial charge on any atom is 0.242 e. The highest BCUT2D eigenvalue weighted by molar-refractivity contribution is 5.85. The first-order valence-electron chi connectivity index (χ1n) is 6.03. The lowest BCUT2D eigenvalue weighted by molar-refractivity contribution is -0.136. The summed E-state index contributed by atoms with van der Waals surface area (Å²) in [6, 6.07) is 0. The quantitative estimate of drug-likeness (QED) is 0.744. The maximum atomic E-state index is 12.2. The molecule has 1 amide bonds. The van der Waals surface area contributed by atoms with Crippen LogP contribution in [0.15, 0.2) is 0 Å². The molecule has 86 valence electrons. The Morgan fingerprint density at radius 3 is 2.27 bits per heavy atom. The lowest BCUT2D eigenvalue weighted by atomic mass is 10.0. The average Bonchev–Trinajstić information content (AvgIpc) is 2.75. The molecule has 3 heteroatoms. The van der Waals surface area contributed by atoms with Crippen molar-refractivity contribution in [3.63, 3.8) is 0 Å². The fourth-order valence-electron chi connectivity index (χ4n) is 2.90. The van der Waals surface area contributed by atoms with Crippen LogP contribution in [0.5, 0.6) is 0 Å². The zero-order chi connectivity index (χ0) is 11.1. The first-order chi connectivity index (χ1) is 7.04. The van der Waals surface area contributed by atoms with E-state index in [-0.39, 0.29) is 5.91 Å². The molecule has 0 aromatic rings. The number of carbonyl (C=O) groups is 1. The van der Waals surface area contributed by atoms with E-state index in [1.54, 1.807) is 0 Å². The van der Waals surface area contributed by atoms with E-state index in [9.17, 15) is 4.79 Å². The zero-order valence-electron chi connectivity index (χ0n) is 10.0. The molecule has 2 atom stereocenters. The maximum absolute atomic E-state index is 12.2. The molecule has 2 rings (SSSR count). The second kappa shape index (κ2) is 3.78. The van der Waals surface area contributed by atoms with E-state index in [2.05, 4.69) is 10.2 Å². The molecule has 0 spiro atoms. The summed E-state index contributed by atoms with van der Waals surface area (Å²) < 4.78 is 0. The van der Waals surface area contributed by atoms with Gasteiger partial charge in [-0.1, -0.05) is 6.42 Å². The molecule has 2 unspecified atom stereocenters. The molecular formula is C12H22N2O. The minimum atomic E-state index is -0.404. The van der Waals surface area contributed by atoms with Crippen LogP contribution in [-0.2, 0) is 4.79 Å². The fraction of sp³-hybridized carbons (Fsp3) is 0.917. The Hall–Kier alpha value is -0.570. The van der Waals surface area contributed by atoms with Crippen LogP contribution in [0.2, 0.25) is 0 Å². The van der Waals surface area contributed by atoms with Gasteiger partial charge >= 0.3 is 0 Å². The van der Waals surface area contributed by atoms with Gasteiger partial charge in [-0.3, -0.25) is 4.79 Å². The number of nitrogens with zero attached hydrogens (tertiary/aromatic N) is 1. The van der Waals surface area contributed by atoms with Gasteiger partial charge in [-0.05, 0) is 45.6 Å². The summed E-state index contributed by atoms with van der Waals surface area (Å²) in [6.07, 6.45) is 4.02. The van der Waals surface area contributed by atoms with Crippen LogP contribution in [0.4, 0.5) is 0 Å². The predicted octanol–water partition coefficient (Wildman–Crippen LogP) is 1.24. The number of rotatable bonds is 2. The highest BCUT2D eigenvalue weighted by Crippen LogP contribution is 2.38. The molecule has 2 aliphatic rings. The van der Waals surface area contributed by atoms with Crippen LogP contribution in [0.1, 0.15) is 33.1 Å². The van der Waals surface area contributed by atoms with Gasteiger partial charge in [-0.25, -0.2) is 0 Å². The highest BCUT2D eigenvalue weighted by Gasteiger charge is 2.41. The van der Waals surface area contributed by atoms with Crippen molar-refractivity contribution in [1.29, 1.82) is 0 Å². The van der Waals surface area contributed by atoms with Crippen molar-refractivity contribution in [1.82, 2.24) is 10.2 Å². The number of carbonyl (C=O) groups excluding carboxylic acids is 1. The minimum Gasteiger partial charge on any atom is -0.341 e. The minimum absolute atomic E-state index is 0.263. The Bertz CT molecular complexity index is 250. The Morgan fingerprint density at radius 2 is 1.80 bits per heavy atom. The van der Waals surface area contributed by atoms with E-state index in [4.69, 9.17) is 0 Å². The number of likely N-dealkylation sites (N-methyl/N-ethyl adjacent to an activating group) is 1. The summed E-state index contributed by atoms with van der Waals surface area (Å²) >= 11 is 0. The normalized spacial score (nSPS) is 30.7. The van der Waals surface area contributed by atoms with Crippen molar-refractivity contribution < 1.29 is 4.79 Å². The van der Waals surface area contributed by atoms with Crippen molar-refractivity contribution in [2.45, 2.75) is 38.6 Å². The van der Waals surface area contributed by atoms with E-state index in [0.29, 0.717) is 0 Å². The first-order valence-corrected chi connectivity index (χ1v) is 6.03. The van der Waals surface area contributed by atoms with Crippen LogP contribution in [-0.4, -0.2) is 36.5 Å². The molecule has 1 aliphatic carbocycles. The van der Waals surface area contributed by atoms with Crippen LogP contribution in [0.3, 0.4) is 0 Å². The van der Waals surface area contributed by atoms with Gasteiger partial charge in [0.2, 0.25) is 5.91 Å². The van der Waals surface area contributed by atoms with Crippen LogP contribution in [0, 0.1) is 11.8 Å². The summed E-state index contributed by atoms with van der Waals surface area (Å²) in [7, 11) is 1.86. The van der Waals surface area contributed by atoms with E-state index in [0.717, 1.165) is 24.9 Å². The molecule has 15 heavy (non-hydrogen) atoms. The summed E-state index contributed by atoms with van der Waals surface area (Å²) in [6.45, 7) is 5.91. The first kappa shape index (κ1) is 10.9. The number of likely N-dealkylation sites (tertiary alicyclic amines) is 1. The van der Waals surface area contributed by atoms with Crippen molar-refractivity contribution in [2.75, 3.05) is 20.1 Å². The number of hydrogen-bond donors (Lipinski definition) is 1. The Balaban J connectivity index is 1.99. The number of nitrogens with one attached hydrogen (secondary N) is 1. The largest absolute Gasteiger partial charge is 0.341 e. The van der Waals surface area contributed by atoms with Crippen molar-refractivity contribution in [3.8, 4) is 0 Å². The summed E-state index contributed by atoms with van der Waals surface area (Å²) in [5, 5.41) is 3.09. The molecule has 1 N–H and O–H groups in total. The number of hydrogen-bond acceptors (Lipinski definition) is 2. The molecule has 3 nitrogen and oxygen atoms in total. The lowest BCUT2D eigenvalue weighted by Crippen LogP contribution is -2.52. The molecule has 1 aliphatic heterocycles. The summed E-state index contributed by atoms with van der Waals surface area (Å²) in [4.78, 5) is 14.3. The zero-order valence-corrected chi connectivity index (χ0v) is 10.0. The standard InChI is InChI=1S/C12H22N2O/c1-12(2,13-3)11(15)14-7-9-5-4-6-10(9)8-14/h9-10,13H,4-8H2,1-3H3. The van der Waals surface area contributed by atoms with Gasteiger partial charge in [0.15, 0.2) is 0 Å². The third-order valence-corrected chi connectivity index (χ3v) is 4.17. The molecule has 0 radical (unpaired) electrons. The van der Waals surface area contributed by atoms with Gasteiger partial charge in [0.1, 0.15) is 0 Å². The Morgan fingerprint density at radius 1 is 1.27 bits per heavy atom. The SMILES string of the molecule is CNC(C)(C)C(=O)N1CC2CCCC2C1. The van der Waals surface area contributed by atoms with Gasteiger partial charge in [0.25, 0.3) is 0 Å². The van der Waals surface area contributed by atoms with Gasteiger partial charge < -0.3 is 10.2 Å². The molecule has 0 aromatic carbocycles. The van der Waals surface area contributed by atoms with Crippen molar-refractivity contribution in [2.24, 2.45) is 11.8 Å². The molecule has 0 aromatic heterocycles. The van der Waals surface area contributed by atoms with E-state index >= 15 is 0 Å². The van der Waals surface area contributed by atoms with Crippen molar-refractivity contribution in [3.05, 3.63) is 0 Å². The van der Waals surface area contributed by atoms with Gasteiger partial charge in [-0.2, -0.15) is 0 Å². The van der Waals surface area contributed by atoms with Gasteiger partial charge in [-0.15, -0.1) is 0 Å². The Labute approximate surface area is 92.2 Å². The molecule has 1 saturated heterocycles. The molecule has 2 fully saturated rings. The van der Waals surface area contributed by atoms with Gasteiger partial charge in [0.05, 0.1) is 5.54 Å². The van der Waals surface area contributed by atoms with Crippen LogP contribution >= 0.6 is 0 Å². The lowest BCUT2D eigenvalue weighted by Gasteiger charge is -2.29. The number of fused-ring (bicyclic) bond motifs is 1. The third kappa shape index (κ3) is 1.89. The average molecular weight is 210 g/mol. The second-order valence-electron chi connectivity index (χ2n) is 5.54. The van der Waals surface area contributed by atoms with Crippen LogP contribution in [0.25, 0.3) is 0 Å². The molecule has 1 heterocycles. The monoisotopic (exact) mass is 210 g/mol. The molecule has 1 saturated carbocycles. The van der Waals surface area contributed by atoms with Gasteiger partial charge in [0, 0.05) is 13.1 Å². The molecule has 0 bridgehead atoms. The second-order valence-corrected chi connectivity index (χ2v) is 5.54. The topological polar surface area (TPSA) is 32.3 Å². The van der Waals surface area contributed by atoms with E-state index in [1.165, 1.54) is 19.3 Å². The van der Waals surface area contributed by atoms with E-state index in [1.807, 2.05) is 20.9 Å². The summed E-state index contributed by atoms with van der Waals surface area (Å²) in [5.41, 5.74) is -0.404. The fourth-order valence-corrected chi connectivity index (χ4v) is 2.90. The Kier molecular flexibility index (Phi) is 2.75. The van der Waals surface area contributed by atoms with E-state index < -0.39 is 5.54 Å². The highest BCUT2D eigenvalue weighted by atomic mass is 16.2.